The lowest BCUT2D eigenvalue weighted by Gasteiger charge is -2.12. The Morgan fingerprint density at radius 1 is 1.11 bits per heavy atom. The number of rotatable bonds is 3. The largest absolute Gasteiger partial charge is 0.439 e. The number of nitrogens with zero attached hydrogens (tertiary/aromatic N) is 2. The Morgan fingerprint density at radius 3 is 2.53 bits per heavy atom. The maximum Gasteiger partial charge on any atom is 0.225 e. The van der Waals surface area contributed by atoms with E-state index in [9.17, 15) is 0 Å². The van der Waals surface area contributed by atoms with Crippen LogP contribution in [0.25, 0.3) is 0 Å². The Balaban J connectivity index is 2.38. The third-order valence-corrected chi connectivity index (χ3v) is 3.41. The van der Waals surface area contributed by atoms with Gasteiger partial charge in [-0.05, 0) is 49.8 Å². The Bertz CT molecular complexity index is 614. The van der Waals surface area contributed by atoms with Crippen LogP contribution >= 0.6 is 11.8 Å². The number of anilines is 1. The first-order valence-corrected chi connectivity index (χ1v) is 7.16. The number of ether oxygens (including phenoxy) is 1. The van der Waals surface area contributed by atoms with Crippen molar-refractivity contribution in [3.05, 3.63) is 34.9 Å². The van der Waals surface area contributed by atoms with E-state index in [-0.39, 0.29) is 0 Å². The van der Waals surface area contributed by atoms with E-state index in [1.165, 1.54) is 17.3 Å². The molecule has 5 heteroatoms. The van der Waals surface area contributed by atoms with Gasteiger partial charge in [0.05, 0.1) is 0 Å². The molecule has 2 rings (SSSR count). The smallest absolute Gasteiger partial charge is 0.225 e. The monoisotopic (exact) mass is 275 g/mol. The summed E-state index contributed by atoms with van der Waals surface area (Å²) in [4.78, 5) is 8.40. The molecule has 2 aromatic rings. The van der Waals surface area contributed by atoms with Crippen molar-refractivity contribution in [1.82, 2.24) is 9.97 Å². The van der Waals surface area contributed by atoms with Gasteiger partial charge in [-0.25, -0.2) is 4.98 Å². The molecule has 100 valence electrons. The van der Waals surface area contributed by atoms with Gasteiger partial charge in [-0.2, -0.15) is 4.98 Å². The van der Waals surface area contributed by atoms with Crippen molar-refractivity contribution in [1.29, 1.82) is 0 Å². The minimum atomic E-state index is 0.413. The maximum atomic E-state index is 5.85. The number of hydrogen-bond acceptors (Lipinski definition) is 5. The van der Waals surface area contributed by atoms with Gasteiger partial charge < -0.3 is 10.5 Å². The van der Waals surface area contributed by atoms with Crippen molar-refractivity contribution in [2.45, 2.75) is 25.9 Å². The molecule has 0 aliphatic carbocycles. The zero-order valence-electron chi connectivity index (χ0n) is 11.5. The van der Waals surface area contributed by atoms with Gasteiger partial charge in [-0.15, -0.1) is 0 Å². The summed E-state index contributed by atoms with van der Waals surface area (Å²) in [6.07, 6.45) is 1.90. The van der Waals surface area contributed by atoms with E-state index in [0.29, 0.717) is 16.9 Å². The highest BCUT2D eigenvalue weighted by Crippen LogP contribution is 2.28. The van der Waals surface area contributed by atoms with Gasteiger partial charge in [0.15, 0.2) is 5.16 Å². The van der Waals surface area contributed by atoms with Gasteiger partial charge in [-0.3, -0.25) is 0 Å². The Kier molecular flexibility index (Phi) is 3.95. The zero-order valence-corrected chi connectivity index (χ0v) is 12.3. The van der Waals surface area contributed by atoms with E-state index in [1.807, 2.05) is 26.2 Å². The predicted molar refractivity (Wildman–Crippen MR) is 79.0 cm³/mol. The third-order valence-electron chi connectivity index (χ3n) is 2.86. The summed E-state index contributed by atoms with van der Waals surface area (Å²) in [5.41, 5.74) is 9.20. The van der Waals surface area contributed by atoms with E-state index in [1.54, 1.807) is 6.07 Å². The molecule has 0 aliphatic rings. The molecule has 1 heterocycles. The first-order chi connectivity index (χ1) is 8.99. The summed E-state index contributed by atoms with van der Waals surface area (Å²) in [5.74, 6) is 1.70. The fraction of sp³-hybridized carbons (Fsp3) is 0.286. The summed E-state index contributed by atoms with van der Waals surface area (Å²) >= 11 is 1.44. The lowest BCUT2D eigenvalue weighted by Crippen LogP contribution is -1.98. The third kappa shape index (κ3) is 3.17. The molecule has 4 nitrogen and oxygen atoms in total. The van der Waals surface area contributed by atoms with E-state index in [4.69, 9.17) is 10.5 Å². The minimum absolute atomic E-state index is 0.413. The molecule has 1 aromatic carbocycles. The second kappa shape index (κ2) is 5.48. The second-order valence-electron chi connectivity index (χ2n) is 4.42. The van der Waals surface area contributed by atoms with Crippen LogP contribution in [0.4, 0.5) is 5.82 Å². The number of nitrogens with two attached hydrogens (primary N) is 1. The molecule has 0 saturated heterocycles. The Hall–Kier alpha value is -1.75. The number of aromatic nitrogens is 2. The molecule has 19 heavy (non-hydrogen) atoms. The molecular formula is C14H17N3OS. The standard InChI is InChI=1S/C14H17N3OS/c1-8-5-9(2)10(3)11(6-8)18-13-7-12(15)16-14(17-13)19-4/h5-7H,1-4H3,(H2,15,16,17). The molecule has 0 fully saturated rings. The molecule has 0 amide bonds. The number of aryl methyl sites for hydroxylation is 2. The quantitative estimate of drug-likeness (QED) is 0.686. The first-order valence-electron chi connectivity index (χ1n) is 5.94. The molecule has 0 saturated carbocycles. The first kappa shape index (κ1) is 13.7. The number of hydrogen-bond donors (Lipinski definition) is 1. The fourth-order valence-corrected chi connectivity index (χ4v) is 2.16. The lowest BCUT2D eigenvalue weighted by molar-refractivity contribution is 0.452. The summed E-state index contributed by atoms with van der Waals surface area (Å²) in [7, 11) is 0. The summed E-state index contributed by atoms with van der Waals surface area (Å²) in [6.45, 7) is 6.14. The van der Waals surface area contributed by atoms with Gasteiger partial charge in [0.25, 0.3) is 0 Å². The van der Waals surface area contributed by atoms with Crippen LogP contribution in [0.15, 0.2) is 23.4 Å². The van der Waals surface area contributed by atoms with Crippen molar-refractivity contribution in [2.75, 3.05) is 12.0 Å². The van der Waals surface area contributed by atoms with Crippen LogP contribution in [0.3, 0.4) is 0 Å². The van der Waals surface area contributed by atoms with Gasteiger partial charge in [0, 0.05) is 6.07 Å². The SMILES string of the molecule is CSc1nc(N)cc(Oc2cc(C)cc(C)c2C)n1. The summed E-state index contributed by atoms with van der Waals surface area (Å²) in [5, 5.41) is 0.608. The predicted octanol–water partition coefficient (Wildman–Crippen LogP) is 3.50. The Labute approximate surface area is 117 Å². The molecule has 1 aromatic heterocycles. The summed E-state index contributed by atoms with van der Waals surface area (Å²) in [6, 6.07) is 5.76. The maximum absolute atomic E-state index is 5.85. The van der Waals surface area contributed by atoms with Crippen molar-refractivity contribution < 1.29 is 4.74 Å². The van der Waals surface area contributed by atoms with Crippen molar-refractivity contribution in [2.24, 2.45) is 0 Å². The van der Waals surface area contributed by atoms with Gasteiger partial charge >= 0.3 is 0 Å². The van der Waals surface area contributed by atoms with Crippen LogP contribution in [0, 0.1) is 20.8 Å². The zero-order chi connectivity index (χ0) is 14.0. The average Bonchev–Trinajstić information content (AvgIpc) is 2.34. The van der Waals surface area contributed by atoms with Crippen LogP contribution in [-0.2, 0) is 0 Å². The molecule has 0 spiro atoms. The minimum Gasteiger partial charge on any atom is -0.439 e. The van der Waals surface area contributed by atoms with Crippen LogP contribution < -0.4 is 10.5 Å². The van der Waals surface area contributed by atoms with Crippen LogP contribution in [0.1, 0.15) is 16.7 Å². The molecule has 0 radical (unpaired) electrons. The van der Waals surface area contributed by atoms with Gasteiger partial charge in [0.2, 0.25) is 5.88 Å². The van der Waals surface area contributed by atoms with Crippen LogP contribution in [-0.4, -0.2) is 16.2 Å². The molecule has 0 atom stereocenters. The fourth-order valence-electron chi connectivity index (χ4n) is 1.78. The van der Waals surface area contributed by atoms with Gasteiger partial charge in [0.1, 0.15) is 11.6 Å². The normalized spacial score (nSPS) is 10.5. The molecular weight excluding hydrogens is 258 g/mol. The van der Waals surface area contributed by atoms with Gasteiger partial charge in [-0.1, -0.05) is 17.8 Å². The highest BCUT2D eigenvalue weighted by atomic mass is 32.2. The van der Waals surface area contributed by atoms with E-state index >= 15 is 0 Å². The van der Waals surface area contributed by atoms with E-state index in [0.717, 1.165) is 16.9 Å². The summed E-state index contributed by atoms with van der Waals surface area (Å²) < 4.78 is 5.85. The molecule has 0 unspecified atom stereocenters. The highest BCUT2D eigenvalue weighted by Gasteiger charge is 2.08. The van der Waals surface area contributed by atoms with E-state index in [2.05, 4.69) is 23.0 Å². The van der Waals surface area contributed by atoms with Crippen molar-refractivity contribution >= 4 is 17.6 Å². The van der Waals surface area contributed by atoms with E-state index < -0.39 is 0 Å². The highest BCUT2D eigenvalue weighted by molar-refractivity contribution is 7.98. The number of nitrogen functional groups attached to an aromatic ring is 1. The Morgan fingerprint density at radius 2 is 1.84 bits per heavy atom. The van der Waals surface area contributed by atoms with Crippen molar-refractivity contribution in [3.8, 4) is 11.6 Å². The average molecular weight is 275 g/mol. The number of thioether (sulfide) groups is 1. The number of benzene rings is 1. The van der Waals surface area contributed by atoms with Crippen LogP contribution in [0.2, 0.25) is 0 Å². The lowest BCUT2D eigenvalue weighted by atomic mass is 10.1. The molecule has 0 aliphatic heterocycles. The van der Waals surface area contributed by atoms with Crippen LogP contribution in [0.5, 0.6) is 11.6 Å². The molecule has 2 N–H and O–H groups in total. The second-order valence-corrected chi connectivity index (χ2v) is 5.20. The van der Waals surface area contributed by atoms with Crippen molar-refractivity contribution in [3.63, 3.8) is 0 Å². The molecule has 0 bridgehead atoms. The topological polar surface area (TPSA) is 61.0 Å².